The molecule has 0 atom stereocenters. The fourth-order valence-corrected chi connectivity index (χ4v) is 6.50. The third-order valence-corrected chi connectivity index (χ3v) is 10.9. The summed E-state index contributed by atoms with van der Waals surface area (Å²) >= 11 is 0. The second kappa shape index (κ2) is 15.1. The van der Waals surface area contributed by atoms with Gasteiger partial charge in [0.2, 0.25) is 0 Å². The van der Waals surface area contributed by atoms with Crippen LogP contribution in [0.4, 0.5) is 0 Å². The van der Waals surface area contributed by atoms with Crippen LogP contribution in [0, 0.1) is 16.9 Å². The Labute approximate surface area is 306 Å². The van der Waals surface area contributed by atoms with E-state index in [4.69, 9.17) is 14.4 Å². The molecule has 1 radical (unpaired) electrons. The van der Waals surface area contributed by atoms with Crippen molar-refractivity contribution >= 4 is 27.5 Å². The second-order valence-corrected chi connectivity index (χ2v) is 14.8. The molecule has 3 heterocycles. The van der Waals surface area contributed by atoms with Crippen LogP contribution in [0.1, 0.15) is 105 Å². The van der Waals surface area contributed by atoms with Crippen molar-refractivity contribution in [2.45, 2.75) is 106 Å². The maximum Gasteiger partial charge on any atom is 0.164 e. The number of aryl methyl sites for hydroxylation is 2. The van der Waals surface area contributed by atoms with Gasteiger partial charge in [0, 0.05) is 72.5 Å². The minimum Gasteiger partial charge on any atom is -0.512 e. The number of hydrogen-bond donors (Lipinski definition) is 1. The molecule has 0 saturated heterocycles. The fraction of sp³-hybridized carbons (Fsp3) is 0.419. The molecule has 5 aromatic rings. The smallest absolute Gasteiger partial charge is 0.164 e. The van der Waals surface area contributed by atoms with Gasteiger partial charge in [-0.15, -0.1) is 29.1 Å². The van der Waals surface area contributed by atoms with Gasteiger partial charge in [-0.1, -0.05) is 97.5 Å². The van der Waals surface area contributed by atoms with E-state index in [0.29, 0.717) is 0 Å². The largest absolute Gasteiger partial charge is 0.512 e. The molecule has 1 aliphatic carbocycles. The molecule has 0 unspecified atom stereocenters. The summed E-state index contributed by atoms with van der Waals surface area (Å²) in [6, 6.07) is 20.5. The van der Waals surface area contributed by atoms with E-state index in [1.165, 1.54) is 22.6 Å². The van der Waals surface area contributed by atoms with Gasteiger partial charge < -0.3 is 9.52 Å². The Morgan fingerprint density at radius 3 is 2.16 bits per heavy atom. The Balaban J connectivity index is 0.000000260. The first-order chi connectivity index (χ1) is 22.8. The van der Waals surface area contributed by atoms with E-state index in [1.807, 2.05) is 66.1 Å². The standard InChI is InChI=1S/C28H23N2O.C15H28O2.Ir/c1-28(2,3)21-16-19(15-18-7-4-5-9-20(18)21)27-25-23(12-14-30-27)31-22-11-10-17-8-6-13-29-26(17)24(22)25;1-7-14(5,8-2)12(16)11-13(17)15(6,9-3)10-4;/h4-9,12-14,16H,10-11H2,1-3H3;11,16H,7-10H2,1-6H3;/q-1;;/b;12-11-;. The zero-order chi connectivity index (χ0) is 34.9. The number of carbonyl (C=O) groups excluding carboxylic acids is 1. The molecule has 0 bridgehead atoms. The first-order valence-electron chi connectivity index (χ1n) is 17.6. The number of aliphatic hydroxyl groups is 1. The van der Waals surface area contributed by atoms with Crippen LogP contribution in [-0.2, 0) is 43.2 Å². The monoisotopic (exact) mass is 836 g/mol. The van der Waals surface area contributed by atoms with Gasteiger partial charge in [0.25, 0.3) is 0 Å². The maximum atomic E-state index is 12.2. The predicted octanol–water partition coefficient (Wildman–Crippen LogP) is 11.6. The molecular weight excluding hydrogens is 785 g/mol. The van der Waals surface area contributed by atoms with Crippen LogP contribution in [0.2, 0.25) is 0 Å². The Bertz CT molecular complexity index is 1970. The first kappa shape index (κ1) is 38.2. The van der Waals surface area contributed by atoms with Gasteiger partial charge in [0.05, 0.1) is 5.69 Å². The number of hydrogen-bond acceptors (Lipinski definition) is 5. The van der Waals surface area contributed by atoms with Crippen LogP contribution in [0.5, 0.6) is 0 Å². The van der Waals surface area contributed by atoms with Gasteiger partial charge in [0.1, 0.15) is 17.1 Å². The van der Waals surface area contributed by atoms with Crippen LogP contribution in [0.25, 0.3) is 44.3 Å². The SMILES string of the molecule is CC(C)(C)c1cc(-c2nccc3oc4c(c23)-c2ncccc2CC4)[c-]c2ccccc12.CCC(C)(CC)C(=O)/C=C(\O)C(C)(CC)CC.[Ir]. The van der Waals surface area contributed by atoms with Gasteiger partial charge in [0.15, 0.2) is 5.78 Å². The van der Waals surface area contributed by atoms with Crippen molar-refractivity contribution in [3.05, 3.63) is 95.7 Å². The second-order valence-electron chi connectivity index (χ2n) is 14.8. The molecule has 2 aromatic carbocycles. The minimum absolute atomic E-state index is 0. The number of benzene rings is 2. The summed E-state index contributed by atoms with van der Waals surface area (Å²) in [6.07, 6.45) is 10.3. The average Bonchev–Trinajstić information content (AvgIpc) is 3.49. The zero-order valence-corrected chi connectivity index (χ0v) is 33.0. The third kappa shape index (κ3) is 7.47. The summed E-state index contributed by atoms with van der Waals surface area (Å²) in [5.41, 5.74) is 6.87. The molecule has 0 spiro atoms. The van der Waals surface area contributed by atoms with Crippen molar-refractivity contribution in [1.82, 2.24) is 9.97 Å². The van der Waals surface area contributed by atoms with Crippen molar-refractivity contribution in [2.24, 2.45) is 10.8 Å². The number of fused-ring (bicyclic) bond motifs is 6. The van der Waals surface area contributed by atoms with E-state index >= 15 is 0 Å². The van der Waals surface area contributed by atoms with Crippen LogP contribution in [0.3, 0.4) is 0 Å². The molecule has 5 nitrogen and oxygen atoms in total. The quantitative estimate of drug-likeness (QED) is 0.0957. The number of aliphatic hydroxyl groups excluding tert-OH is 1. The van der Waals surface area contributed by atoms with Crippen LogP contribution in [0.15, 0.2) is 77.2 Å². The summed E-state index contributed by atoms with van der Waals surface area (Å²) in [5, 5.41) is 13.5. The van der Waals surface area contributed by atoms with E-state index in [0.717, 1.165) is 83.2 Å². The van der Waals surface area contributed by atoms with Gasteiger partial charge in [-0.05, 0) is 55.2 Å². The molecule has 6 heteroatoms. The molecule has 1 aliphatic rings. The Morgan fingerprint density at radius 1 is 0.857 bits per heavy atom. The van der Waals surface area contributed by atoms with Gasteiger partial charge in [-0.3, -0.25) is 14.8 Å². The maximum absolute atomic E-state index is 12.2. The average molecular weight is 836 g/mol. The number of rotatable bonds is 8. The Kier molecular flexibility index (Phi) is 11.8. The van der Waals surface area contributed by atoms with Crippen molar-refractivity contribution < 1.29 is 34.4 Å². The van der Waals surface area contributed by atoms with Gasteiger partial charge in [-0.25, -0.2) is 0 Å². The Morgan fingerprint density at radius 2 is 1.51 bits per heavy atom. The van der Waals surface area contributed by atoms with Gasteiger partial charge >= 0.3 is 0 Å². The summed E-state index contributed by atoms with van der Waals surface area (Å²) in [6.45, 7) is 18.9. The van der Waals surface area contributed by atoms with E-state index in [1.54, 1.807) is 0 Å². The number of furan rings is 1. The molecule has 49 heavy (non-hydrogen) atoms. The zero-order valence-electron chi connectivity index (χ0n) is 30.6. The van der Waals surface area contributed by atoms with Crippen molar-refractivity contribution in [3.63, 3.8) is 0 Å². The summed E-state index contributed by atoms with van der Waals surface area (Å²) < 4.78 is 6.30. The Hall–Kier alpha value is -3.60. The molecule has 3 aromatic heterocycles. The molecule has 0 saturated carbocycles. The molecule has 0 fully saturated rings. The molecule has 6 rings (SSSR count). The number of nitrogens with zero attached hydrogens (tertiary/aromatic N) is 2. The van der Waals surface area contributed by atoms with Crippen LogP contribution < -0.4 is 0 Å². The summed E-state index contributed by atoms with van der Waals surface area (Å²) in [4.78, 5) is 21.7. The summed E-state index contributed by atoms with van der Waals surface area (Å²) in [5.74, 6) is 1.29. The van der Waals surface area contributed by atoms with E-state index < -0.39 is 0 Å². The van der Waals surface area contributed by atoms with E-state index in [-0.39, 0.29) is 47.9 Å². The minimum atomic E-state index is -0.337. The first-order valence-corrected chi connectivity index (χ1v) is 17.6. The number of pyridine rings is 2. The number of ketones is 1. The normalized spacial score (nSPS) is 13.3. The van der Waals surface area contributed by atoms with Crippen molar-refractivity contribution in [2.75, 3.05) is 0 Å². The molecule has 0 aliphatic heterocycles. The topological polar surface area (TPSA) is 76.2 Å². The van der Waals surface area contributed by atoms with Gasteiger partial charge in [-0.2, -0.15) is 0 Å². The fourth-order valence-electron chi connectivity index (χ4n) is 6.50. The molecule has 0 amide bonds. The summed E-state index contributed by atoms with van der Waals surface area (Å²) in [7, 11) is 0. The molecule has 1 N–H and O–H groups in total. The molecular formula is C43H51IrN2O3-. The van der Waals surface area contributed by atoms with Crippen molar-refractivity contribution in [1.29, 1.82) is 0 Å². The van der Waals surface area contributed by atoms with Crippen LogP contribution >= 0.6 is 0 Å². The predicted molar refractivity (Wildman–Crippen MR) is 198 cm³/mol. The molecule has 261 valence electrons. The van der Waals surface area contributed by atoms with Crippen LogP contribution in [-0.4, -0.2) is 20.9 Å². The van der Waals surface area contributed by atoms with E-state index in [9.17, 15) is 9.90 Å². The van der Waals surface area contributed by atoms with E-state index in [2.05, 4.69) is 63.2 Å². The number of carbonyl (C=O) groups is 1. The number of allylic oxidation sites excluding steroid dienone is 2. The van der Waals surface area contributed by atoms with Crippen molar-refractivity contribution in [3.8, 4) is 22.5 Å². The number of aromatic nitrogens is 2. The third-order valence-electron chi connectivity index (χ3n) is 10.9.